The van der Waals surface area contributed by atoms with Gasteiger partial charge in [0.15, 0.2) is 11.5 Å². The Balaban J connectivity index is 1.72. The molecule has 4 heterocycles. The number of hydrogen-bond acceptors (Lipinski definition) is 8. The van der Waals surface area contributed by atoms with Gasteiger partial charge in [-0.05, 0) is 0 Å². The van der Waals surface area contributed by atoms with Gasteiger partial charge < -0.3 is 5.73 Å². The molecule has 26 heavy (non-hydrogen) atoms. The normalized spacial score (nSPS) is 17.1. The predicted molar refractivity (Wildman–Crippen MR) is 91.0 cm³/mol. The lowest BCUT2D eigenvalue weighted by Gasteiger charge is -2.47. The molecule has 134 valence electrons. The number of nitrogens with zero attached hydrogens (tertiary/aromatic N) is 8. The van der Waals surface area contributed by atoms with Gasteiger partial charge in [-0.1, -0.05) is 0 Å². The first-order chi connectivity index (χ1) is 12.3. The molecule has 0 aliphatic carbocycles. The van der Waals surface area contributed by atoms with Gasteiger partial charge in [-0.3, -0.25) is 4.68 Å². The van der Waals surface area contributed by atoms with Gasteiger partial charge in [-0.2, -0.15) is 24.2 Å². The van der Waals surface area contributed by atoms with Gasteiger partial charge >= 0.3 is 0 Å². The molecule has 0 radical (unpaired) electrons. The van der Waals surface area contributed by atoms with Gasteiger partial charge in [0.05, 0.1) is 30.5 Å². The van der Waals surface area contributed by atoms with Crippen molar-refractivity contribution in [2.75, 3.05) is 25.1 Å². The lowest BCUT2D eigenvalue weighted by molar-refractivity contribution is 0.0724. The first-order valence-electron chi connectivity index (χ1n) is 7.67. The minimum absolute atomic E-state index is 0.135. The predicted octanol–water partition coefficient (Wildman–Crippen LogP) is -0.546. The Labute approximate surface area is 148 Å². The van der Waals surface area contributed by atoms with Crippen LogP contribution in [-0.4, -0.2) is 61.4 Å². The largest absolute Gasteiger partial charge is 0.366 e. The molecule has 11 nitrogen and oxygen atoms in total. The number of aromatic nitrogens is 6. The van der Waals surface area contributed by atoms with Crippen LogP contribution in [0.1, 0.15) is 6.42 Å². The van der Waals surface area contributed by atoms with Crippen molar-refractivity contribution in [2.45, 2.75) is 12.0 Å². The van der Waals surface area contributed by atoms with Crippen LogP contribution in [0.15, 0.2) is 24.7 Å². The van der Waals surface area contributed by atoms with Crippen molar-refractivity contribution in [3.8, 4) is 17.5 Å². The highest BCUT2D eigenvalue weighted by molar-refractivity contribution is 7.88. The maximum Gasteiger partial charge on any atom is 0.240 e. The zero-order valence-electron chi connectivity index (χ0n) is 13.8. The van der Waals surface area contributed by atoms with E-state index in [0.29, 0.717) is 17.0 Å². The van der Waals surface area contributed by atoms with Crippen molar-refractivity contribution in [3.63, 3.8) is 0 Å². The molecule has 12 heteroatoms. The third-order valence-corrected chi connectivity index (χ3v) is 5.61. The van der Waals surface area contributed by atoms with E-state index in [1.165, 1.54) is 8.82 Å². The monoisotopic (exact) mass is 373 g/mol. The number of fused-ring (bicyclic) bond motifs is 1. The van der Waals surface area contributed by atoms with Crippen molar-refractivity contribution in [2.24, 2.45) is 0 Å². The molecule has 0 unspecified atom stereocenters. The van der Waals surface area contributed by atoms with Crippen molar-refractivity contribution >= 4 is 21.6 Å². The molecule has 3 aromatic rings. The molecule has 0 bridgehead atoms. The van der Waals surface area contributed by atoms with Crippen LogP contribution in [0.5, 0.6) is 0 Å². The van der Waals surface area contributed by atoms with Crippen LogP contribution < -0.4 is 5.73 Å². The Morgan fingerprint density at radius 2 is 2.19 bits per heavy atom. The number of nitrogen functional groups attached to an aromatic ring is 1. The quantitative estimate of drug-likeness (QED) is 0.640. The molecule has 1 aliphatic rings. The van der Waals surface area contributed by atoms with Crippen LogP contribution >= 0.6 is 0 Å². The van der Waals surface area contributed by atoms with E-state index in [1.54, 1.807) is 29.3 Å². The minimum atomic E-state index is -3.30. The number of anilines is 1. The van der Waals surface area contributed by atoms with E-state index < -0.39 is 15.6 Å². The smallest absolute Gasteiger partial charge is 0.240 e. The van der Waals surface area contributed by atoms with Crippen LogP contribution in [0.25, 0.3) is 17.0 Å². The molecule has 1 fully saturated rings. The van der Waals surface area contributed by atoms with Crippen LogP contribution in [0.4, 0.5) is 5.95 Å². The topological polar surface area (TPSA) is 148 Å². The molecule has 2 N–H and O–H groups in total. The highest BCUT2D eigenvalue weighted by Gasteiger charge is 2.49. The van der Waals surface area contributed by atoms with Gasteiger partial charge in [-0.25, -0.2) is 13.4 Å². The Kier molecular flexibility index (Phi) is 3.46. The highest BCUT2D eigenvalue weighted by atomic mass is 32.2. The average molecular weight is 373 g/mol. The maximum atomic E-state index is 11.7. The highest BCUT2D eigenvalue weighted by Crippen LogP contribution is 2.34. The third-order valence-electron chi connectivity index (χ3n) is 4.41. The molecule has 1 saturated heterocycles. The van der Waals surface area contributed by atoms with E-state index in [-0.39, 0.29) is 25.5 Å². The van der Waals surface area contributed by atoms with Gasteiger partial charge in [-0.15, -0.1) is 5.10 Å². The molecule has 0 aromatic carbocycles. The fraction of sp³-hybridized carbons (Fsp3) is 0.357. The Hall–Kier alpha value is -3.04. The molecule has 0 amide bonds. The average Bonchev–Trinajstić information content (AvgIpc) is 3.14. The third kappa shape index (κ3) is 2.49. The first-order valence-corrected chi connectivity index (χ1v) is 9.52. The van der Waals surface area contributed by atoms with Crippen LogP contribution in [0.3, 0.4) is 0 Å². The van der Waals surface area contributed by atoms with Gasteiger partial charge in [0, 0.05) is 31.5 Å². The van der Waals surface area contributed by atoms with Crippen molar-refractivity contribution in [3.05, 3.63) is 24.7 Å². The second-order valence-corrected chi connectivity index (χ2v) is 8.25. The maximum absolute atomic E-state index is 11.7. The van der Waals surface area contributed by atoms with E-state index in [2.05, 4.69) is 26.2 Å². The number of sulfonamides is 1. The minimum Gasteiger partial charge on any atom is -0.366 e. The number of nitrogens with two attached hydrogens (primary N) is 1. The SMILES string of the molecule is CS(=O)(=O)N1CC(CC#N)(n2cc(-c3nccc4nc(N)nn34)cn2)C1. The summed E-state index contributed by atoms with van der Waals surface area (Å²) in [6.07, 6.45) is 6.22. The molecule has 0 spiro atoms. The summed E-state index contributed by atoms with van der Waals surface area (Å²) in [7, 11) is -3.30. The molecule has 4 rings (SSSR count). The summed E-state index contributed by atoms with van der Waals surface area (Å²) in [5.41, 5.74) is 6.18. The van der Waals surface area contributed by atoms with E-state index in [1.807, 2.05) is 0 Å². The Morgan fingerprint density at radius 3 is 2.88 bits per heavy atom. The van der Waals surface area contributed by atoms with Gasteiger partial charge in [0.1, 0.15) is 5.54 Å². The van der Waals surface area contributed by atoms with Crippen LogP contribution in [-0.2, 0) is 15.6 Å². The summed E-state index contributed by atoms with van der Waals surface area (Å²) in [6, 6.07) is 3.81. The van der Waals surface area contributed by atoms with Gasteiger partial charge in [0.2, 0.25) is 16.0 Å². The summed E-state index contributed by atoms with van der Waals surface area (Å²) >= 11 is 0. The number of hydrogen-bond donors (Lipinski definition) is 1. The lowest BCUT2D eigenvalue weighted by Crippen LogP contribution is -2.63. The van der Waals surface area contributed by atoms with Gasteiger partial charge in [0.25, 0.3) is 0 Å². The second kappa shape index (κ2) is 5.48. The molecule has 1 aliphatic heterocycles. The van der Waals surface area contributed by atoms with E-state index in [9.17, 15) is 13.7 Å². The Morgan fingerprint density at radius 1 is 1.42 bits per heavy atom. The van der Waals surface area contributed by atoms with E-state index >= 15 is 0 Å². The van der Waals surface area contributed by atoms with Crippen molar-refractivity contribution in [1.29, 1.82) is 5.26 Å². The second-order valence-electron chi connectivity index (χ2n) is 6.27. The molecular weight excluding hydrogens is 358 g/mol. The zero-order valence-corrected chi connectivity index (χ0v) is 14.6. The van der Waals surface area contributed by atoms with E-state index in [0.717, 1.165) is 6.26 Å². The summed E-state index contributed by atoms with van der Waals surface area (Å²) in [5, 5.41) is 17.6. The van der Waals surface area contributed by atoms with Crippen LogP contribution in [0.2, 0.25) is 0 Å². The molecule has 0 atom stereocenters. The van der Waals surface area contributed by atoms with Crippen LogP contribution in [0, 0.1) is 11.3 Å². The first kappa shape index (κ1) is 16.4. The molecular formula is C14H15N9O2S. The fourth-order valence-electron chi connectivity index (χ4n) is 3.06. The Bertz CT molecular complexity index is 1130. The van der Waals surface area contributed by atoms with Crippen molar-refractivity contribution < 1.29 is 8.42 Å². The standard InChI is InChI=1S/C14H15N9O2S/c1-26(24,25)21-8-14(9-21,3-4-15)22-7-10(6-18-22)12-17-5-2-11-19-13(16)20-23(11)12/h2,5-7H,3,8-9H2,1H3,(H2,16,20). The van der Waals surface area contributed by atoms with E-state index in [4.69, 9.17) is 5.73 Å². The number of rotatable bonds is 4. The summed E-state index contributed by atoms with van der Waals surface area (Å²) in [4.78, 5) is 8.40. The summed E-state index contributed by atoms with van der Waals surface area (Å²) in [5.74, 6) is 0.639. The molecule has 3 aromatic heterocycles. The fourth-order valence-corrected chi connectivity index (χ4v) is 4.01. The summed E-state index contributed by atoms with van der Waals surface area (Å²) in [6.45, 7) is 0.406. The zero-order chi connectivity index (χ0) is 18.5. The summed E-state index contributed by atoms with van der Waals surface area (Å²) < 4.78 is 27.8. The molecule has 0 saturated carbocycles. The van der Waals surface area contributed by atoms with Crippen molar-refractivity contribution in [1.82, 2.24) is 33.7 Å². The number of nitriles is 1. The lowest BCUT2D eigenvalue weighted by atomic mass is 9.89.